The zero-order valence-electron chi connectivity index (χ0n) is 11.3. The molecule has 0 spiro atoms. The van der Waals surface area contributed by atoms with Gasteiger partial charge in [-0.05, 0) is 28.3 Å². The first kappa shape index (κ1) is 13.5. The summed E-state index contributed by atoms with van der Waals surface area (Å²) < 4.78 is 1.81. The van der Waals surface area contributed by atoms with E-state index >= 15 is 0 Å². The molecule has 108 valence electrons. The first-order valence-electron chi connectivity index (χ1n) is 6.32. The molecule has 1 amide bonds. The third kappa shape index (κ3) is 2.56. The van der Waals surface area contributed by atoms with Crippen molar-refractivity contribution in [2.45, 2.75) is 6.54 Å². The van der Waals surface area contributed by atoms with E-state index in [2.05, 4.69) is 30.3 Å². The van der Waals surface area contributed by atoms with E-state index in [0.717, 1.165) is 5.56 Å². The molecule has 0 atom stereocenters. The van der Waals surface area contributed by atoms with Crippen molar-refractivity contribution in [3.63, 3.8) is 0 Å². The van der Waals surface area contributed by atoms with Crippen LogP contribution in [0.4, 0.5) is 11.5 Å². The molecule has 2 heterocycles. The minimum absolute atomic E-state index is 0.197. The number of anilines is 1. The van der Waals surface area contributed by atoms with Crippen molar-refractivity contribution in [1.82, 2.24) is 19.5 Å². The zero-order chi connectivity index (χ0) is 15.4. The van der Waals surface area contributed by atoms with E-state index in [4.69, 9.17) is 5.53 Å². The Morgan fingerprint density at radius 3 is 3.09 bits per heavy atom. The van der Waals surface area contributed by atoms with Crippen LogP contribution in [0.25, 0.3) is 21.6 Å². The van der Waals surface area contributed by atoms with Gasteiger partial charge < -0.3 is 9.88 Å². The number of fused-ring (bicyclic) bond motifs is 1. The van der Waals surface area contributed by atoms with Crippen molar-refractivity contribution in [2.75, 3.05) is 5.32 Å². The summed E-state index contributed by atoms with van der Waals surface area (Å²) in [5.41, 5.74) is 11.2. The van der Waals surface area contributed by atoms with E-state index in [1.54, 1.807) is 12.4 Å². The van der Waals surface area contributed by atoms with Crippen molar-refractivity contribution in [1.29, 1.82) is 0 Å². The molecule has 1 N–H and O–H groups in total. The van der Waals surface area contributed by atoms with Gasteiger partial charge in [0.25, 0.3) is 0 Å². The van der Waals surface area contributed by atoms with Crippen LogP contribution in [0.2, 0.25) is 0 Å². The summed E-state index contributed by atoms with van der Waals surface area (Å²) in [5, 5.41) is 6.10. The van der Waals surface area contributed by atoms with Gasteiger partial charge in [0.2, 0.25) is 6.41 Å². The lowest BCUT2D eigenvalue weighted by molar-refractivity contribution is -0.105. The van der Waals surface area contributed by atoms with Gasteiger partial charge in [-0.1, -0.05) is 12.1 Å². The maximum atomic E-state index is 10.5. The number of amides is 1. The van der Waals surface area contributed by atoms with Gasteiger partial charge >= 0.3 is 0 Å². The summed E-state index contributed by atoms with van der Waals surface area (Å²) in [5.74, 6) is 0.197. The number of carbonyl (C=O) groups excluding carboxylic acids is 1. The molecular formula is C13H10N8O. The molecule has 0 saturated carbocycles. The number of imidazole rings is 1. The minimum Gasteiger partial charge on any atom is -0.329 e. The summed E-state index contributed by atoms with van der Waals surface area (Å²) in [6, 6.07) is 7.43. The standard InChI is InChI=1S/C13H10N8O/c14-20-19-12-11-13(16-6-15-12)21(7-17-11)5-9-2-1-3-10(4-9)18-8-22/h1-4,6-8H,5H2,(H,18,22). The predicted octanol–water partition coefficient (Wildman–Crippen LogP) is 2.38. The Labute approximate surface area is 124 Å². The van der Waals surface area contributed by atoms with E-state index in [-0.39, 0.29) is 5.82 Å². The summed E-state index contributed by atoms with van der Waals surface area (Å²) in [6.45, 7) is 0.512. The average molecular weight is 294 g/mol. The second-order valence-corrected chi connectivity index (χ2v) is 4.39. The molecule has 0 radical (unpaired) electrons. The van der Waals surface area contributed by atoms with E-state index in [9.17, 15) is 4.79 Å². The van der Waals surface area contributed by atoms with E-state index in [0.29, 0.717) is 29.8 Å². The Hall–Kier alpha value is -3.45. The van der Waals surface area contributed by atoms with Crippen LogP contribution in [-0.2, 0) is 11.3 Å². The molecule has 0 fully saturated rings. The fraction of sp³-hybridized carbons (Fsp3) is 0.0769. The molecule has 0 unspecified atom stereocenters. The summed E-state index contributed by atoms with van der Waals surface area (Å²) in [7, 11) is 0. The van der Waals surface area contributed by atoms with Gasteiger partial charge in [-0.15, -0.1) is 0 Å². The highest BCUT2D eigenvalue weighted by atomic mass is 16.1. The third-order valence-electron chi connectivity index (χ3n) is 3.03. The normalized spacial score (nSPS) is 10.2. The molecule has 0 aliphatic carbocycles. The fourth-order valence-electron chi connectivity index (χ4n) is 2.12. The van der Waals surface area contributed by atoms with Crippen LogP contribution in [0.1, 0.15) is 5.56 Å². The van der Waals surface area contributed by atoms with Crippen LogP contribution in [0.5, 0.6) is 0 Å². The Kier molecular flexibility index (Phi) is 3.63. The van der Waals surface area contributed by atoms with Crippen LogP contribution >= 0.6 is 0 Å². The molecular weight excluding hydrogens is 284 g/mol. The largest absolute Gasteiger partial charge is 0.329 e. The molecule has 1 aromatic carbocycles. The van der Waals surface area contributed by atoms with Gasteiger partial charge in [-0.2, -0.15) is 0 Å². The second kappa shape index (κ2) is 5.90. The molecule has 0 aliphatic heterocycles. The third-order valence-corrected chi connectivity index (χ3v) is 3.03. The average Bonchev–Trinajstić information content (AvgIpc) is 2.93. The first-order chi connectivity index (χ1) is 10.8. The lowest BCUT2D eigenvalue weighted by atomic mass is 10.2. The molecule has 9 heteroatoms. The molecule has 2 aromatic heterocycles. The SMILES string of the molecule is [N-]=[N+]=Nc1ncnc2c1ncn2Cc1cccc(NC=O)c1. The lowest BCUT2D eigenvalue weighted by Crippen LogP contribution is -2.01. The Morgan fingerprint density at radius 1 is 1.36 bits per heavy atom. The second-order valence-electron chi connectivity index (χ2n) is 4.39. The van der Waals surface area contributed by atoms with Gasteiger partial charge in [-0.3, -0.25) is 4.79 Å². The predicted molar refractivity (Wildman–Crippen MR) is 79.4 cm³/mol. The number of rotatable bonds is 5. The smallest absolute Gasteiger partial charge is 0.211 e. The Bertz CT molecular complexity index is 881. The van der Waals surface area contributed by atoms with Crippen molar-refractivity contribution < 1.29 is 4.79 Å². The molecule has 0 aliphatic rings. The number of carbonyl (C=O) groups is 1. The van der Waals surface area contributed by atoms with Gasteiger partial charge in [0.1, 0.15) is 11.8 Å². The van der Waals surface area contributed by atoms with E-state index in [1.165, 1.54) is 6.33 Å². The Balaban J connectivity index is 1.97. The fourth-order valence-corrected chi connectivity index (χ4v) is 2.12. The van der Waals surface area contributed by atoms with Gasteiger partial charge in [0, 0.05) is 10.6 Å². The molecule has 0 saturated heterocycles. The quantitative estimate of drug-likeness (QED) is 0.336. The number of hydrogen-bond donors (Lipinski definition) is 1. The lowest BCUT2D eigenvalue weighted by Gasteiger charge is -2.06. The zero-order valence-corrected chi connectivity index (χ0v) is 11.3. The number of azide groups is 1. The van der Waals surface area contributed by atoms with Crippen molar-refractivity contribution in [3.8, 4) is 0 Å². The van der Waals surface area contributed by atoms with Crippen molar-refractivity contribution >= 4 is 29.1 Å². The molecule has 9 nitrogen and oxygen atoms in total. The highest BCUT2D eigenvalue weighted by Crippen LogP contribution is 2.21. The summed E-state index contributed by atoms with van der Waals surface area (Å²) in [4.78, 5) is 25.5. The first-order valence-corrected chi connectivity index (χ1v) is 6.32. The number of nitrogens with one attached hydrogen (secondary N) is 1. The van der Waals surface area contributed by atoms with Crippen LogP contribution in [0.3, 0.4) is 0 Å². The maximum absolute atomic E-state index is 10.5. The monoisotopic (exact) mass is 294 g/mol. The summed E-state index contributed by atoms with van der Waals surface area (Å²) in [6.07, 6.45) is 3.57. The maximum Gasteiger partial charge on any atom is 0.211 e. The summed E-state index contributed by atoms with van der Waals surface area (Å²) >= 11 is 0. The van der Waals surface area contributed by atoms with Gasteiger partial charge in [0.05, 0.1) is 12.9 Å². The minimum atomic E-state index is 0.197. The van der Waals surface area contributed by atoms with Crippen molar-refractivity contribution in [3.05, 3.63) is 52.9 Å². The van der Waals surface area contributed by atoms with Gasteiger partial charge in [-0.25, -0.2) is 15.0 Å². The topological polar surface area (TPSA) is 121 Å². The number of nitrogens with zero attached hydrogens (tertiary/aromatic N) is 7. The van der Waals surface area contributed by atoms with E-state index < -0.39 is 0 Å². The molecule has 0 bridgehead atoms. The highest BCUT2D eigenvalue weighted by Gasteiger charge is 2.09. The molecule has 22 heavy (non-hydrogen) atoms. The molecule has 3 rings (SSSR count). The highest BCUT2D eigenvalue weighted by molar-refractivity contribution is 5.80. The number of benzene rings is 1. The van der Waals surface area contributed by atoms with Crippen molar-refractivity contribution in [2.24, 2.45) is 5.11 Å². The van der Waals surface area contributed by atoms with Crippen LogP contribution < -0.4 is 5.32 Å². The van der Waals surface area contributed by atoms with Crippen LogP contribution in [-0.4, -0.2) is 25.9 Å². The Morgan fingerprint density at radius 2 is 2.27 bits per heavy atom. The van der Waals surface area contributed by atoms with Crippen LogP contribution in [0.15, 0.2) is 42.0 Å². The number of hydrogen-bond acceptors (Lipinski definition) is 5. The number of aromatic nitrogens is 4. The van der Waals surface area contributed by atoms with Crippen LogP contribution in [0, 0.1) is 0 Å². The van der Waals surface area contributed by atoms with Gasteiger partial charge in [0.15, 0.2) is 11.5 Å². The molecule has 3 aromatic rings. The van der Waals surface area contributed by atoms with E-state index in [1.807, 2.05) is 22.8 Å².